The average Bonchev–Trinajstić information content (AvgIpc) is 2.75. The molecule has 3 N–H and O–H groups in total. The van der Waals surface area contributed by atoms with Crippen molar-refractivity contribution >= 4 is 54.8 Å². The van der Waals surface area contributed by atoms with E-state index in [9.17, 15) is 4.79 Å². The molecule has 5 nitrogen and oxygen atoms in total. The Labute approximate surface area is 101 Å². The number of hydrogen-bond acceptors (Lipinski definition) is 6. The SMILES string of the molecule is Nc1nnc(NC(=O)c2csc(Br)c2)s1. The summed E-state index contributed by atoms with van der Waals surface area (Å²) < 4.78 is 0.907. The van der Waals surface area contributed by atoms with Gasteiger partial charge in [0.15, 0.2) is 0 Å². The number of nitrogens with one attached hydrogen (secondary N) is 1. The van der Waals surface area contributed by atoms with E-state index >= 15 is 0 Å². The van der Waals surface area contributed by atoms with E-state index in [1.54, 1.807) is 11.4 Å². The van der Waals surface area contributed by atoms with Crippen molar-refractivity contribution in [2.45, 2.75) is 0 Å². The van der Waals surface area contributed by atoms with Gasteiger partial charge in [-0.05, 0) is 22.0 Å². The van der Waals surface area contributed by atoms with E-state index in [1.807, 2.05) is 0 Å². The number of anilines is 2. The van der Waals surface area contributed by atoms with Crippen molar-refractivity contribution in [2.75, 3.05) is 11.1 Å². The highest BCUT2D eigenvalue weighted by molar-refractivity contribution is 9.11. The van der Waals surface area contributed by atoms with Crippen LogP contribution in [0.25, 0.3) is 0 Å². The average molecular weight is 305 g/mol. The molecule has 2 rings (SSSR count). The second-order valence-electron chi connectivity index (χ2n) is 2.54. The van der Waals surface area contributed by atoms with E-state index in [2.05, 4.69) is 31.4 Å². The number of amides is 1. The number of nitrogens with zero attached hydrogens (tertiary/aromatic N) is 2. The minimum atomic E-state index is -0.215. The fourth-order valence-electron chi connectivity index (χ4n) is 0.884. The fraction of sp³-hybridized carbons (Fsp3) is 0. The summed E-state index contributed by atoms with van der Waals surface area (Å²) in [7, 11) is 0. The molecular formula is C7H5BrN4OS2. The molecule has 1 amide bonds. The first-order valence-electron chi connectivity index (χ1n) is 3.79. The Kier molecular flexibility index (Phi) is 2.98. The summed E-state index contributed by atoms with van der Waals surface area (Å²) >= 11 is 5.86. The topological polar surface area (TPSA) is 80.9 Å². The number of thiophene rings is 1. The molecule has 0 fully saturated rings. The number of carbonyl (C=O) groups excluding carboxylic acids is 1. The van der Waals surface area contributed by atoms with Crippen LogP contribution in [0.4, 0.5) is 10.3 Å². The van der Waals surface area contributed by atoms with Crippen LogP contribution in [-0.2, 0) is 0 Å². The lowest BCUT2D eigenvalue weighted by Gasteiger charge is -1.96. The van der Waals surface area contributed by atoms with Crippen LogP contribution in [-0.4, -0.2) is 16.1 Å². The molecule has 78 valence electrons. The number of nitrogen functional groups attached to an aromatic ring is 1. The van der Waals surface area contributed by atoms with Crippen molar-refractivity contribution in [3.05, 3.63) is 20.8 Å². The van der Waals surface area contributed by atoms with Crippen molar-refractivity contribution in [2.24, 2.45) is 0 Å². The molecule has 0 aliphatic heterocycles. The number of halogens is 1. The number of carbonyl (C=O) groups is 1. The molecule has 0 bridgehead atoms. The van der Waals surface area contributed by atoms with Gasteiger partial charge in [0, 0.05) is 5.38 Å². The highest BCUT2D eigenvalue weighted by atomic mass is 79.9. The van der Waals surface area contributed by atoms with Gasteiger partial charge >= 0.3 is 0 Å². The predicted octanol–water partition coefficient (Wildman–Crippen LogP) is 2.20. The molecule has 15 heavy (non-hydrogen) atoms. The molecule has 0 radical (unpaired) electrons. The molecule has 0 aliphatic carbocycles. The van der Waals surface area contributed by atoms with E-state index in [0.717, 1.165) is 15.1 Å². The Hall–Kier alpha value is -0.990. The third kappa shape index (κ3) is 2.52. The largest absolute Gasteiger partial charge is 0.374 e. The lowest BCUT2D eigenvalue weighted by atomic mass is 10.3. The Morgan fingerprint density at radius 2 is 2.33 bits per heavy atom. The summed E-state index contributed by atoms with van der Waals surface area (Å²) in [5.41, 5.74) is 5.97. The van der Waals surface area contributed by atoms with Crippen LogP contribution in [0.3, 0.4) is 0 Å². The van der Waals surface area contributed by atoms with Gasteiger partial charge in [-0.15, -0.1) is 21.5 Å². The van der Waals surface area contributed by atoms with Crippen LogP contribution < -0.4 is 11.1 Å². The van der Waals surface area contributed by atoms with Crippen LogP contribution in [0.2, 0.25) is 0 Å². The quantitative estimate of drug-likeness (QED) is 0.891. The van der Waals surface area contributed by atoms with Crippen LogP contribution >= 0.6 is 38.6 Å². The highest BCUT2D eigenvalue weighted by Crippen LogP contribution is 2.22. The molecule has 0 spiro atoms. The molecule has 0 aromatic carbocycles. The Morgan fingerprint density at radius 1 is 1.53 bits per heavy atom. The summed E-state index contributed by atoms with van der Waals surface area (Å²) in [5.74, 6) is -0.215. The van der Waals surface area contributed by atoms with Gasteiger partial charge in [-0.1, -0.05) is 11.3 Å². The van der Waals surface area contributed by atoms with E-state index in [0.29, 0.717) is 15.8 Å². The summed E-state index contributed by atoms with van der Waals surface area (Å²) in [6.45, 7) is 0. The maximum Gasteiger partial charge on any atom is 0.258 e. The first-order chi connectivity index (χ1) is 7.15. The van der Waals surface area contributed by atoms with Crippen molar-refractivity contribution in [1.82, 2.24) is 10.2 Å². The smallest absolute Gasteiger partial charge is 0.258 e. The summed E-state index contributed by atoms with van der Waals surface area (Å²) in [4.78, 5) is 11.6. The van der Waals surface area contributed by atoms with Crippen LogP contribution in [0.1, 0.15) is 10.4 Å². The third-order valence-corrected chi connectivity index (χ3v) is 3.66. The Morgan fingerprint density at radius 3 is 2.87 bits per heavy atom. The molecule has 0 atom stereocenters. The summed E-state index contributed by atoms with van der Waals surface area (Å²) in [5, 5.41) is 12.4. The minimum Gasteiger partial charge on any atom is -0.374 e. The zero-order valence-corrected chi connectivity index (χ0v) is 10.4. The van der Waals surface area contributed by atoms with Crippen molar-refractivity contribution in [3.63, 3.8) is 0 Å². The molecule has 8 heteroatoms. The molecule has 2 heterocycles. The van der Waals surface area contributed by atoms with E-state index < -0.39 is 0 Å². The van der Waals surface area contributed by atoms with Crippen LogP contribution in [0.15, 0.2) is 15.2 Å². The summed E-state index contributed by atoms with van der Waals surface area (Å²) in [6.07, 6.45) is 0. The lowest BCUT2D eigenvalue weighted by molar-refractivity contribution is 0.102. The van der Waals surface area contributed by atoms with Gasteiger partial charge < -0.3 is 5.73 Å². The van der Waals surface area contributed by atoms with Gasteiger partial charge in [0.2, 0.25) is 10.3 Å². The second-order valence-corrected chi connectivity index (χ2v) is 5.84. The second kappa shape index (κ2) is 4.25. The number of rotatable bonds is 2. The van der Waals surface area contributed by atoms with Crippen molar-refractivity contribution in [3.8, 4) is 0 Å². The number of hydrogen-bond donors (Lipinski definition) is 2. The normalized spacial score (nSPS) is 10.2. The standard InChI is InChI=1S/C7H5BrN4OS2/c8-4-1-3(2-14-4)5(13)10-7-12-11-6(9)15-7/h1-2H,(H2,9,11)(H,10,12,13). The molecular weight excluding hydrogens is 300 g/mol. The van der Waals surface area contributed by atoms with Gasteiger partial charge in [-0.3, -0.25) is 10.1 Å². The van der Waals surface area contributed by atoms with Gasteiger partial charge in [0.25, 0.3) is 5.91 Å². The van der Waals surface area contributed by atoms with Gasteiger partial charge in [-0.25, -0.2) is 0 Å². The fourth-order valence-corrected chi connectivity index (χ4v) is 2.53. The molecule has 0 saturated heterocycles. The van der Waals surface area contributed by atoms with Gasteiger partial charge in [0.05, 0.1) is 9.35 Å². The van der Waals surface area contributed by atoms with E-state index in [-0.39, 0.29) is 5.91 Å². The molecule has 0 unspecified atom stereocenters. The molecule has 2 aromatic rings. The maximum absolute atomic E-state index is 11.6. The Bertz CT molecular complexity index is 495. The lowest BCUT2D eigenvalue weighted by Crippen LogP contribution is -2.10. The van der Waals surface area contributed by atoms with Crippen LogP contribution in [0, 0.1) is 0 Å². The van der Waals surface area contributed by atoms with Crippen LogP contribution in [0.5, 0.6) is 0 Å². The predicted molar refractivity (Wildman–Crippen MR) is 64.3 cm³/mol. The zero-order valence-electron chi connectivity index (χ0n) is 7.23. The van der Waals surface area contributed by atoms with Crippen molar-refractivity contribution in [1.29, 1.82) is 0 Å². The highest BCUT2D eigenvalue weighted by Gasteiger charge is 2.10. The maximum atomic E-state index is 11.6. The van der Waals surface area contributed by atoms with E-state index in [1.165, 1.54) is 11.3 Å². The van der Waals surface area contributed by atoms with Gasteiger partial charge in [-0.2, -0.15) is 0 Å². The minimum absolute atomic E-state index is 0.215. The number of nitrogens with two attached hydrogens (primary N) is 1. The molecule has 0 saturated carbocycles. The first kappa shape index (κ1) is 10.5. The first-order valence-corrected chi connectivity index (χ1v) is 6.28. The molecule has 2 aromatic heterocycles. The molecule has 0 aliphatic rings. The van der Waals surface area contributed by atoms with Gasteiger partial charge in [0.1, 0.15) is 0 Å². The zero-order chi connectivity index (χ0) is 10.8. The monoisotopic (exact) mass is 304 g/mol. The number of aromatic nitrogens is 2. The van der Waals surface area contributed by atoms with Crippen molar-refractivity contribution < 1.29 is 4.79 Å². The van der Waals surface area contributed by atoms with E-state index in [4.69, 9.17) is 5.73 Å². The third-order valence-electron chi connectivity index (χ3n) is 1.49. The Balaban J connectivity index is 2.10. The summed E-state index contributed by atoms with van der Waals surface area (Å²) in [6, 6.07) is 1.74.